The van der Waals surface area contributed by atoms with Crippen molar-refractivity contribution in [3.8, 4) is 22.4 Å². The van der Waals surface area contributed by atoms with Gasteiger partial charge in [0.25, 0.3) is 0 Å². The van der Waals surface area contributed by atoms with Crippen LogP contribution in [0.4, 0.5) is 0 Å². The van der Waals surface area contributed by atoms with Gasteiger partial charge in [0.2, 0.25) is 0 Å². The molecule has 2 aromatic carbocycles. The molecule has 0 saturated heterocycles. The van der Waals surface area contributed by atoms with Gasteiger partial charge in [0.15, 0.2) is 0 Å². The number of nitrogens with zero attached hydrogens (tertiary/aromatic N) is 2. The predicted octanol–water partition coefficient (Wildman–Crippen LogP) is 4.81. The first kappa shape index (κ1) is 14.9. The number of hydrogen-bond acceptors (Lipinski definition) is 2. The summed E-state index contributed by atoms with van der Waals surface area (Å²) in [4.78, 5) is 4.68. The summed E-state index contributed by atoms with van der Waals surface area (Å²) in [6.07, 6.45) is 2.02. The van der Waals surface area contributed by atoms with Crippen molar-refractivity contribution in [1.29, 1.82) is 0 Å². The van der Waals surface area contributed by atoms with Crippen LogP contribution in [-0.2, 0) is 6.61 Å². The summed E-state index contributed by atoms with van der Waals surface area (Å²) in [7, 11) is 0. The largest absolute Gasteiger partial charge is 0.390 e. The van der Waals surface area contributed by atoms with Gasteiger partial charge >= 0.3 is 0 Å². The third-order valence-corrected chi connectivity index (χ3v) is 4.34. The number of hydrogen-bond donors (Lipinski definition) is 1. The fourth-order valence-corrected chi connectivity index (χ4v) is 3.01. The summed E-state index contributed by atoms with van der Waals surface area (Å²) in [5.41, 5.74) is 5.50. The van der Waals surface area contributed by atoms with Gasteiger partial charge in [-0.15, -0.1) is 0 Å². The number of imidazole rings is 1. The topological polar surface area (TPSA) is 37.5 Å². The van der Waals surface area contributed by atoms with Gasteiger partial charge in [-0.2, -0.15) is 0 Å². The Balaban J connectivity index is 1.90. The van der Waals surface area contributed by atoms with Crippen molar-refractivity contribution in [2.45, 2.75) is 6.61 Å². The van der Waals surface area contributed by atoms with Crippen molar-refractivity contribution in [3.05, 3.63) is 83.6 Å². The van der Waals surface area contributed by atoms with Gasteiger partial charge in [0.1, 0.15) is 5.65 Å². The average molecular weight is 335 g/mol. The minimum atomic E-state index is -0.0859. The zero-order valence-electron chi connectivity index (χ0n) is 12.9. The summed E-state index contributed by atoms with van der Waals surface area (Å²) in [5, 5.41) is 10.6. The van der Waals surface area contributed by atoms with Crippen molar-refractivity contribution in [3.63, 3.8) is 0 Å². The highest BCUT2D eigenvalue weighted by Crippen LogP contribution is 2.28. The monoisotopic (exact) mass is 334 g/mol. The molecule has 0 bridgehead atoms. The molecule has 0 radical (unpaired) electrons. The third-order valence-electron chi connectivity index (χ3n) is 4.09. The van der Waals surface area contributed by atoms with Crippen molar-refractivity contribution in [1.82, 2.24) is 9.38 Å². The van der Waals surface area contributed by atoms with Gasteiger partial charge in [-0.05, 0) is 35.4 Å². The van der Waals surface area contributed by atoms with Crippen LogP contribution in [0.25, 0.3) is 28.0 Å². The Labute approximate surface area is 144 Å². The van der Waals surface area contributed by atoms with E-state index >= 15 is 0 Å². The molecule has 0 amide bonds. The Kier molecular flexibility index (Phi) is 3.81. The number of aliphatic hydroxyl groups is 1. The van der Waals surface area contributed by atoms with Crippen molar-refractivity contribution in [2.24, 2.45) is 0 Å². The summed E-state index contributed by atoms with van der Waals surface area (Å²) in [6.45, 7) is -0.0859. The summed E-state index contributed by atoms with van der Waals surface area (Å²) in [5.74, 6) is 0. The van der Waals surface area contributed by atoms with Crippen LogP contribution >= 0.6 is 11.6 Å². The van der Waals surface area contributed by atoms with Crippen LogP contribution in [0.1, 0.15) is 5.69 Å². The lowest BCUT2D eigenvalue weighted by atomic mass is 10.1. The minimum Gasteiger partial charge on any atom is -0.390 e. The number of rotatable bonds is 3. The lowest BCUT2D eigenvalue weighted by Crippen LogP contribution is -1.95. The highest BCUT2D eigenvalue weighted by atomic mass is 35.5. The number of benzene rings is 2. The van der Waals surface area contributed by atoms with Crippen LogP contribution in [-0.4, -0.2) is 14.5 Å². The number of pyridine rings is 1. The Hall–Kier alpha value is -2.62. The lowest BCUT2D eigenvalue weighted by Gasteiger charge is -2.05. The maximum absolute atomic E-state index is 9.90. The molecule has 4 aromatic rings. The first-order chi connectivity index (χ1) is 11.8. The SMILES string of the molecule is OCc1c(-c2ccc(Cl)cc2)nc2ccc(-c3ccccc3)cn12. The third kappa shape index (κ3) is 2.58. The van der Waals surface area contributed by atoms with Gasteiger partial charge < -0.3 is 9.51 Å². The molecule has 4 rings (SSSR count). The number of aromatic nitrogens is 2. The second-order valence-corrected chi connectivity index (χ2v) is 6.02. The zero-order chi connectivity index (χ0) is 16.5. The molecule has 4 heteroatoms. The maximum atomic E-state index is 9.90. The maximum Gasteiger partial charge on any atom is 0.137 e. The van der Waals surface area contributed by atoms with E-state index in [-0.39, 0.29) is 6.61 Å². The van der Waals surface area contributed by atoms with E-state index in [1.165, 1.54) is 0 Å². The molecule has 0 atom stereocenters. The van der Waals surface area contributed by atoms with E-state index in [1.807, 2.05) is 65.2 Å². The van der Waals surface area contributed by atoms with E-state index in [9.17, 15) is 5.11 Å². The molecule has 0 aliphatic carbocycles. The number of halogens is 1. The highest BCUT2D eigenvalue weighted by Gasteiger charge is 2.14. The predicted molar refractivity (Wildman–Crippen MR) is 97.0 cm³/mol. The van der Waals surface area contributed by atoms with Crippen LogP contribution in [0.5, 0.6) is 0 Å². The van der Waals surface area contributed by atoms with Crippen LogP contribution in [0.15, 0.2) is 72.9 Å². The lowest BCUT2D eigenvalue weighted by molar-refractivity contribution is 0.276. The second kappa shape index (κ2) is 6.11. The Morgan fingerprint density at radius 3 is 2.25 bits per heavy atom. The molecule has 2 aromatic heterocycles. The van der Waals surface area contributed by atoms with Crippen molar-refractivity contribution in [2.75, 3.05) is 0 Å². The molecule has 1 N–H and O–H groups in total. The standard InChI is InChI=1S/C20H15ClN2O/c21-17-9-6-15(7-10-17)20-18(13-24)23-12-16(8-11-19(23)22-20)14-4-2-1-3-5-14/h1-12,24H,13H2. The fraction of sp³-hybridized carbons (Fsp3) is 0.0500. The van der Waals surface area contributed by atoms with Crippen molar-refractivity contribution < 1.29 is 5.11 Å². The van der Waals surface area contributed by atoms with Gasteiger partial charge in [0, 0.05) is 16.8 Å². The molecule has 2 heterocycles. The average Bonchev–Trinajstić information content (AvgIpc) is 3.00. The number of aliphatic hydroxyl groups excluding tert-OH is 1. The highest BCUT2D eigenvalue weighted by molar-refractivity contribution is 6.30. The fourth-order valence-electron chi connectivity index (χ4n) is 2.88. The van der Waals surface area contributed by atoms with E-state index in [0.29, 0.717) is 5.02 Å². The van der Waals surface area contributed by atoms with Gasteiger partial charge in [-0.3, -0.25) is 0 Å². The molecule has 0 spiro atoms. The minimum absolute atomic E-state index is 0.0859. The molecule has 0 fully saturated rings. The van der Waals surface area contributed by atoms with Crippen molar-refractivity contribution >= 4 is 17.2 Å². The van der Waals surface area contributed by atoms with E-state index in [2.05, 4.69) is 17.1 Å². The van der Waals surface area contributed by atoms with Crippen LogP contribution in [0.3, 0.4) is 0 Å². The molecule has 0 aliphatic heterocycles. The van der Waals surface area contributed by atoms with Crippen LogP contribution < -0.4 is 0 Å². The molecule has 0 saturated carbocycles. The normalized spacial score (nSPS) is 11.1. The quantitative estimate of drug-likeness (QED) is 0.583. The molecule has 3 nitrogen and oxygen atoms in total. The molecule has 0 unspecified atom stereocenters. The summed E-state index contributed by atoms with van der Waals surface area (Å²) < 4.78 is 1.95. The van der Waals surface area contributed by atoms with Crippen LogP contribution in [0, 0.1) is 0 Å². The van der Waals surface area contributed by atoms with Crippen LogP contribution in [0.2, 0.25) is 5.02 Å². The Bertz CT molecular complexity index is 992. The van der Waals surface area contributed by atoms with E-state index in [4.69, 9.17) is 11.6 Å². The van der Waals surface area contributed by atoms with Gasteiger partial charge in [-0.25, -0.2) is 4.98 Å². The molecular weight excluding hydrogens is 320 g/mol. The first-order valence-corrected chi connectivity index (χ1v) is 8.07. The second-order valence-electron chi connectivity index (χ2n) is 5.58. The molecule has 0 aliphatic rings. The first-order valence-electron chi connectivity index (χ1n) is 7.69. The van der Waals surface area contributed by atoms with Gasteiger partial charge in [-0.1, -0.05) is 54.1 Å². The summed E-state index contributed by atoms with van der Waals surface area (Å²) in [6, 6.07) is 21.7. The van der Waals surface area contributed by atoms with Gasteiger partial charge in [0.05, 0.1) is 18.0 Å². The smallest absolute Gasteiger partial charge is 0.137 e. The zero-order valence-corrected chi connectivity index (χ0v) is 13.6. The molecule has 118 valence electrons. The Morgan fingerprint density at radius 1 is 0.833 bits per heavy atom. The molecular formula is C20H15ClN2O. The van der Waals surface area contributed by atoms with E-state index in [0.717, 1.165) is 33.7 Å². The molecule has 24 heavy (non-hydrogen) atoms. The number of fused-ring (bicyclic) bond motifs is 1. The van der Waals surface area contributed by atoms with E-state index in [1.54, 1.807) is 0 Å². The summed E-state index contributed by atoms with van der Waals surface area (Å²) >= 11 is 5.97. The Morgan fingerprint density at radius 2 is 1.54 bits per heavy atom. The van der Waals surface area contributed by atoms with E-state index < -0.39 is 0 Å².